The molecule has 70 valence electrons. The number of hydrogen-bond acceptors (Lipinski definition) is 2. The zero-order chi connectivity index (χ0) is 9.54. The van der Waals surface area contributed by atoms with Crippen molar-refractivity contribution in [3.63, 3.8) is 0 Å². The summed E-state index contributed by atoms with van der Waals surface area (Å²) in [6.07, 6.45) is 6.07. The van der Waals surface area contributed by atoms with Crippen LogP contribution >= 0.6 is 0 Å². The summed E-state index contributed by atoms with van der Waals surface area (Å²) in [4.78, 5) is 0. The zero-order valence-electron chi connectivity index (χ0n) is 7.68. The van der Waals surface area contributed by atoms with E-state index >= 15 is 0 Å². The molecule has 14 heavy (non-hydrogen) atoms. The monoisotopic (exact) mass is 185 g/mol. The highest BCUT2D eigenvalue weighted by molar-refractivity contribution is 5.80. The molecule has 0 saturated carbocycles. The van der Waals surface area contributed by atoms with Crippen molar-refractivity contribution < 1.29 is 4.74 Å². The van der Waals surface area contributed by atoms with Crippen LogP contribution in [0.1, 0.15) is 5.56 Å². The number of nitrogens with two attached hydrogens (primary N) is 1. The van der Waals surface area contributed by atoms with Gasteiger partial charge in [0.15, 0.2) is 0 Å². The molecule has 0 radical (unpaired) electrons. The molecule has 2 atom stereocenters. The highest BCUT2D eigenvalue weighted by Gasteiger charge is 2.32. The van der Waals surface area contributed by atoms with Crippen molar-refractivity contribution in [2.75, 3.05) is 0 Å². The van der Waals surface area contributed by atoms with Crippen molar-refractivity contribution in [3.8, 4) is 5.75 Å². The maximum atomic E-state index is 5.95. The van der Waals surface area contributed by atoms with Crippen LogP contribution in [0.4, 0.5) is 0 Å². The number of fused-ring (bicyclic) bond motifs is 3. The van der Waals surface area contributed by atoms with Gasteiger partial charge in [-0.25, -0.2) is 0 Å². The Morgan fingerprint density at radius 3 is 3.00 bits per heavy atom. The van der Waals surface area contributed by atoms with Crippen LogP contribution in [0.3, 0.4) is 0 Å². The fraction of sp³-hybridized carbons (Fsp3) is 0.167. The molecule has 3 rings (SSSR count). The average molecular weight is 185 g/mol. The normalized spacial score (nSPS) is 27.6. The minimum absolute atomic E-state index is 0.0115. The second-order valence-corrected chi connectivity index (χ2v) is 3.62. The Kier molecular flexibility index (Phi) is 1.52. The summed E-state index contributed by atoms with van der Waals surface area (Å²) in [6, 6.07) is 8.04. The van der Waals surface area contributed by atoms with Crippen LogP contribution in [0.5, 0.6) is 5.75 Å². The number of allylic oxidation sites excluding steroid dienone is 2. The van der Waals surface area contributed by atoms with E-state index < -0.39 is 0 Å². The maximum absolute atomic E-state index is 5.95. The van der Waals surface area contributed by atoms with Crippen molar-refractivity contribution in [3.05, 3.63) is 48.1 Å². The van der Waals surface area contributed by atoms with Gasteiger partial charge in [0.1, 0.15) is 11.9 Å². The summed E-state index contributed by atoms with van der Waals surface area (Å²) in [6.45, 7) is 0. The van der Waals surface area contributed by atoms with E-state index in [0.29, 0.717) is 0 Å². The van der Waals surface area contributed by atoms with Gasteiger partial charge in [-0.2, -0.15) is 0 Å². The van der Waals surface area contributed by atoms with E-state index in [0.717, 1.165) is 5.75 Å². The average Bonchev–Trinajstić information content (AvgIpc) is 2.59. The van der Waals surface area contributed by atoms with E-state index in [1.165, 1.54) is 11.1 Å². The van der Waals surface area contributed by atoms with Gasteiger partial charge in [-0.3, -0.25) is 0 Å². The molecule has 0 amide bonds. The van der Waals surface area contributed by atoms with E-state index in [4.69, 9.17) is 10.5 Å². The molecule has 1 aromatic carbocycles. The lowest BCUT2D eigenvalue weighted by Crippen LogP contribution is -2.36. The molecule has 2 aliphatic rings. The van der Waals surface area contributed by atoms with Gasteiger partial charge in [0.05, 0.1) is 6.04 Å². The summed E-state index contributed by atoms with van der Waals surface area (Å²) in [5.41, 5.74) is 8.33. The van der Waals surface area contributed by atoms with Crippen LogP contribution < -0.4 is 10.5 Å². The van der Waals surface area contributed by atoms with Crippen LogP contribution in [0.2, 0.25) is 0 Å². The molecule has 1 aliphatic carbocycles. The van der Waals surface area contributed by atoms with E-state index in [1.54, 1.807) is 0 Å². The quantitative estimate of drug-likeness (QED) is 0.668. The second-order valence-electron chi connectivity index (χ2n) is 3.62. The third-order valence-corrected chi connectivity index (χ3v) is 2.72. The van der Waals surface area contributed by atoms with Crippen LogP contribution in [0.15, 0.2) is 42.5 Å². The van der Waals surface area contributed by atoms with Crippen molar-refractivity contribution in [1.29, 1.82) is 0 Å². The van der Waals surface area contributed by atoms with Crippen LogP contribution in [0.25, 0.3) is 5.57 Å². The standard InChI is InChI=1S/C12H11NO/c13-10-6-3-5-9-8-4-1-2-7-11(8)14-12(9)10/h1-7,10,12H,13H2. The van der Waals surface area contributed by atoms with Gasteiger partial charge >= 0.3 is 0 Å². The van der Waals surface area contributed by atoms with Crippen LogP contribution in [-0.4, -0.2) is 12.1 Å². The second kappa shape index (κ2) is 2.72. The molecule has 0 spiro atoms. The van der Waals surface area contributed by atoms with E-state index in [-0.39, 0.29) is 12.1 Å². The molecule has 0 saturated heterocycles. The van der Waals surface area contributed by atoms with Gasteiger partial charge in [-0.15, -0.1) is 0 Å². The molecule has 1 aromatic rings. The maximum Gasteiger partial charge on any atom is 0.143 e. The van der Waals surface area contributed by atoms with E-state index in [9.17, 15) is 0 Å². The Morgan fingerprint density at radius 1 is 1.21 bits per heavy atom. The molecular weight excluding hydrogens is 174 g/mol. The first-order valence-corrected chi connectivity index (χ1v) is 4.76. The Labute approximate surface area is 82.7 Å². The van der Waals surface area contributed by atoms with Crippen LogP contribution in [-0.2, 0) is 0 Å². The minimum atomic E-state index is -0.0256. The predicted molar refractivity (Wildman–Crippen MR) is 56.0 cm³/mol. The Hall–Kier alpha value is -1.54. The van der Waals surface area contributed by atoms with Gasteiger partial charge in [-0.05, 0) is 6.07 Å². The van der Waals surface area contributed by atoms with Gasteiger partial charge in [0.25, 0.3) is 0 Å². The lowest BCUT2D eigenvalue weighted by Gasteiger charge is -2.19. The van der Waals surface area contributed by atoms with Crippen molar-refractivity contribution in [2.45, 2.75) is 12.1 Å². The van der Waals surface area contributed by atoms with Gasteiger partial charge in [0.2, 0.25) is 0 Å². The summed E-state index contributed by atoms with van der Waals surface area (Å²) >= 11 is 0. The van der Waals surface area contributed by atoms with Crippen molar-refractivity contribution in [2.24, 2.45) is 5.73 Å². The first-order chi connectivity index (χ1) is 6.86. The molecule has 1 heterocycles. The molecule has 0 bridgehead atoms. The third-order valence-electron chi connectivity index (χ3n) is 2.72. The Bertz CT molecular complexity index is 434. The predicted octanol–water partition coefficient (Wildman–Crippen LogP) is 1.73. The Morgan fingerprint density at radius 2 is 2.07 bits per heavy atom. The lowest BCUT2D eigenvalue weighted by atomic mass is 9.94. The molecular formula is C12H11NO. The molecule has 2 unspecified atom stereocenters. The number of hydrogen-bond donors (Lipinski definition) is 1. The minimum Gasteiger partial charge on any atom is -0.483 e. The lowest BCUT2D eigenvalue weighted by molar-refractivity contribution is 0.259. The topological polar surface area (TPSA) is 35.2 Å². The zero-order valence-corrected chi connectivity index (χ0v) is 7.68. The van der Waals surface area contributed by atoms with Crippen molar-refractivity contribution in [1.82, 2.24) is 0 Å². The van der Waals surface area contributed by atoms with Gasteiger partial charge in [0, 0.05) is 11.1 Å². The molecule has 2 N–H and O–H groups in total. The number of benzene rings is 1. The summed E-state index contributed by atoms with van der Waals surface area (Å²) in [5.74, 6) is 0.947. The molecule has 2 heteroatoms. The third kappa shape index (κ3) is 0.946. The fourth-order valence-electron chi connectivity index (χ4n) is 2.02. The highest BCUT2D eigenvalue weighted by atomic mass is 16.5. The number of para-hydroxylation sites is 1. The Balaban J connectivity index is 2.15. The molecule has 2 nitrogen and oxygen atoms in total. The summed E-state index contributed by atoms with van der Waals surface area (Å²) in [5, 5.41) is 0. The van der Waals surface area contributed by atoms with Gasteiger partial charge in [-0.1, -0.05) is 36.4 Å². The number of rotatable bonds is 0. The highest BCUT2D eigenvalue weighted by Crippen LogP contribution is 2.39. The number of ether oxygens (including phenoxy) is 1. The molecule has 1 aliphatic heterocycles. The van der Waals surface area contributed by atoms with Gasteiger partial charge < -0.3 is 10.5 Å². The van der Waals surface area contributed by atoms with E-state index in [1.807, 2.05) is 30.4 Å². The first-order valence-electron chi connectivity index (χ1n) is 4.76. The molecule has 0 aromatic heterocycles. The smallest absolute Gasteiger partial charge is 0.143 e. The first kappa shape index (κ1) is 7.83. The van der Waals surface area contributed by atoms with Crippen molar-refractivity contribution >= 4 is 5.57 Å². The van der Waals surface area contributed by atoms with Crippen LogP contribution in [0, 0.1) is 0 Å². The summed E-state index contributed by atoms with van der Waals surface area (Å²) < 4.78 is 5.78. The fourth-order valence-corrected chi connectivity index (χ4v) is 2.02. The summed E-state index contributed by atoms with van der Waals surface area (Å²) in [7, 11) is 0. The molecule has 0 fully saturated rings. The largest absolute Gasteiger partial charge is 0.483 e. The van der Waals surface area contributed by atoms with E-state index in [2.05, 4.69) is 12.1 Å². The SMILES string of the molecule is NC1C=CC=C2c3ccccc3OC21.